The molecule has 0 aliphatic heterocycles. The van der Waals surface area contributed by atoms with E-state index in [0.717, 1.165) is 19.3 Å². The van der Waals surface area contributed by atoms with Crippen LogP contribution < -0.4 is 10.6 Å². The van der Waals surface area contributed by atoms with E-state index in [1.807, 2.05) is 0 Å². The van der Waals surface area contributed by atoms with Gasteiger partial charge in [-0.1, -0.05) is 11.6 Å². The highest BCUT2D eigenvalue weighted by atomic mass is 16.6. The molecule has 0 aromatic carbocycles. The molecule has 0 radical (unpaired) electrons. The van der Waals surface area contributed by atoms with Crippen LogP contribution in [0.5, 0.6) is 0 Å². The van der Waals surface area contributed by atoms with E-state index < -0.39 is 4.92 Å². The molecular weight excluding hydrogens is 322 g/mol. The summed E-state index contributed by atoms with van der Waals surface area (Å²) in [6, 6.07) is 3.55. The molecule has 0 atom stereocenters. The first-order chi connectivity index (χ1) is 12.2. The van der Waals surface area contributed by atoms with Gasteiger partial charge in [0.2, 0.25) is 11.6 Å². The number of rotatable bonds is 8. The average molecular weight is 343 g/mol. The summed E-state index contributed by atoms with van der Waals surface area (Å²) < 4.78 is 5.22. The highest BCUT2D eigenvalue weighted by Gasteiger charge is 2.22. The van der Waals surface area contributed by atoms with Crippen molar-refractivity contribution in [2.45, 2.75) is 38.6 Å². The van der Waals surface area contributed by atoms with Gasteiger partial charge in [0.15, 0.2) is 0 Å². The van der Waals surface area contributed by atoms with Gasteiger partial charge in [-0.2, -0.15) is 0 Å². The lowest BCUT2D eigenvalue weighted by Gasteiger charge is -2.13. The highest BCUT2D eigenvalue weighted by molar-refractivity contribution is 5.69. The maximum Gasteiger partial charge on any atom is 0.353 e. The van der Waals surface area contributed by atoms with Crippen molar-refractivity contribution in [2.75, 3.05) is 17.2 Å². The third-order valence-corrected chi connectivity index (χ3v) is 4.14. The molecule has 0 saturated heterocycles. The van der Waals surface area contributed by atoms with Crippen LogP contribution in [0.4, 0.5) is 17.3 Å². The average Bonchev–Trinajstić information content (AvgIpc) is 3.14. The molecule has 0 bridgehead atoms. The molecule has 1 aliphatic carbocycles. The summed E-state index contributed by atoms with van der Waals surface area (Å²) in [6.45, 7) is 0.929. The van der Waals surface area contributed by atoms with Gasteiger partial charge in [-0.25, -0.2) is 9.97 Å². The monoisotopic (exact) mass is 343 g/mol. The number of hydrogen-bond donors (Lipinski definition) is 2. The molecule has 0 unspecified atom stereocenters. The molecule has 8 nitrogen and oxygen atoms in total. The molecule has 2 heterocycles. The summed E-state index contributed by atoms with van der Waals surface area (Å²) in [5.41, 5.74) is 1.26. The minimum absolute atomic E-state index is 0.147. The Morgan fingerprint density at radius 3 is 2.76 bits per heavy atom. The van der Waals surface area contributed by atoms with E-state index in [-0.39, 0.29) is 17.3 Å². The van der Waals surface area contributed by atoms with E-state index in [1.165, 1.54) is 24.7 Å². The Kier molecular flexibility index (Phi) is 5.61. The van der Waals surface area contributed by atoms with Crippen molar-refractivity contribution in [1.29, 1.82) is 0 Å². The van der Waals surface area contributed by atoms with Crippen LogP contribution in [-0.2, 0) is 6.54 Å². The molecule has 0 amide bonds. The van der Waals surface area contributed by atoms with Crippen LogP contribution in [-0.4, -0.2) is 21.4 Å². The summed E-state index contributed by atoms with van der Waals surface area (Å²) >= 11 is 0. The van der Waals surface area contributed by atoms with Crippen LogP contribution in [0.1, 0.15) is 37.9 Å². The zero-order chi connectivity index (χ0) is 17.5. The Bertz CT molecular complexity index is 743. The molecule has 0 spiro atoms. The summed E-state index contributed by atoms with van der Waals surface area (Å²) in [5, 5.41) is 17.5. The van der Waals surface area contributed by atoms with Crippen molar-refractivity contribution in [1.82, 2.24) is 9.97 Å². The number of furan rings is 1. The van der Waals surface area contributed by atoms with E-state index in [4.69, 9.17) is 4.42 Å². The fraction of sp³-hybridized carbons (Fsp3) is 0.412. The van der Waals surface area contributed by atoms with Crippen molar-refractivity contribution in [3.05, 3.63) is 52.2 Å². The SMILES string of the molecule is O=[N+]([O-])c1c(NCCC2=CCCCC2)ncnc1NCc1ccco1. The molecule has 1 aliphatic rings. The van der Waals surface area contributed by atoms with Crippen LogP contribution in [0.3, 0.4) is 0 Å². The van der Waals surface area contributed by atoms with Crippen LogP contribution in [0.25, 0.3) is 0 Å². The third-order valence-electron chi connectivity index (χ3n) is 4.14. The van der Waals surface area contributed by atoms with Crippen molar-refractivity contribution in [3.63, 3.8) is 0 Å². The number of nitro groups is 1. The maximum atomic E-state index is 11.5. The molecule has 0 saturated carbocycles. The molecular formula is C17H21N5O3. The van der Waals surface area contributed by atoms with Crippen molar-refractivity contribution < 1.29 is 9.34 Å². The van der Waals surface area contributed by atoms with E-state index in [9.17, 15) is 10.1 Å². The van der Waals surface area contributed by atoms with Gasteiger partial charge in [0.25, 0.3) is 0 Å². The van der Waals surface area contributed by atoms with E-state index in [0.29, 0.717) is 18.8 Å². The lowest BCUT2D eigenvalue weighted by atomic mass is 9.97. The Hall–Kier alpha value is -2.90. The lowest BCUT2D eigenvalue weighted by molar-refractivity contribution is -0.383. The fourth-order valence-electron chi connectivity index (χ4n) is 2.87. The van der Waals surface area contributed by atoms with Gasteiger partial charge in [0, 0.05) is 6.54 Å². The Balaban J connectivity index is 1.66. The van der Waals surface area contributed by atoms with Crippen molar-refractivity contribution in [3.8, 4) is 0 Å². The Morgan fingerprint density at radius 2 is 2.08 bits per heavy atom. The minimum Gasteiger partial charge on any atom is -0.467 e. The van der Waals surface area contributed by atoms with Gasteiger partial charge in [-0.3, -0.25) is 10.1 Å². The molecule has 2 N–H and O–H groups in total. The van der Waals surface area contributed by atoms with Crippen LogP contribution in [0, 0.1) is 10.1 Å². The summed E-state index contributed by atoms with van der Waals surface area (Å²) in [7, 11) is 0. The van der Waals surface area contributed by atoms with Crippen molar-refractivity contribution in [2.24, 2.45) is 0 Å². The second-order valence-electron chi connectivity index (χ2n) is 5.89. The second kappa shape index (κ2) is 8.27. The number of aromatic nitrogens is 2. The highest BCUT2D eigenvalue weighted by Crippen LogP contribution is 2.29. The predicted octanol–water partition coefficient (Wildman–Crippen LogP) is 3.89. The summed E-state index contributed by atoms with van der Waals surface area (Å²) in [5.74, 6) is 1.08. The predicted molar refractivity (Wildman–Crippen MR) is 94.4 cm³/mol. The standard InChI is InChI=1S/C17H21N5O3/c23-22(24)15-16(18-9-8-13-5-2-1-3-6-13)20-12-21-17(15)19-11-14-7-4-10-25-14/h4-5,7,10,12H,1-3,6,8-9,11H2,(H2,18,19,20,21). The normalized spacial score (nSPS) is 14.0. The molecule has 2 aromatic rings. The zero-order valence-corrected chi connectivity index (χ0v) is 13.9. The Labute approximate surface area is 145 Å². The smallest absolute Gasteiger partial charge is 0.353 e. The third kappa shape index (κ3) is 4.56. The van der Waals surface area contributed by atoms with Gasteiger partial charge in [-0.05, 0) is 44.2 Å². The van der Waals surface area contributed by atoms with Gasteiger partial charge in [0.05, 0.1) is 17.7 Å². The first-order valence-corrected chi connectivity index (χ1v) is 8.41. The van der Waals surface area contributed by atoms with Crippen LogP contribution >= 0.6 is 0 Å². The fourth-order valence-corrected chi connectivity index (χ4v) is 2.87. The summed E-state index contributed by atoms with van der Waals surface area (Å²) in [6.07, 6.45) is 10.7. The largest absolute Gasteiger partial charge is 0.467 e. The first-order valence-electron chi connectivity index (χ1n) is 8.41. The number of nitrogens with zero attached hydrogens (tertiary/aromatic N) is 3. The van der Waals surface area contributed by atoms with Gasteiger partial charge in [-0.15, -0.1) is 0 Å². The second-order valence-corrected chi connectivity index (χ2v) is 5.89. The first kappa shape index (κ1) is 16.9. The van der Waals surface area contributed by atoms with Gasteiger partial charge >= 0.3 is 5.69 Å². The molecule has 3 rings (SSSR count). The molecule has 8 heteroatoms. The van der Waals surface area contributed by atoms with Crippen LogP contribution in [0.2, 0.25) is 0 Å². The number of anilines is 2. The van der Waals surface area contributed by atoms with Gasteiger partial charge < -0.3 is 15.1 Å². The number of allylic oxidation sites excluding steroid dienone is 1. The number of hydrogen-bond acceptors (Lipinski definition) is 7. The molecule has 132 valence electrons. The van der Waals surface area contributed by atoms with E-state index in [2.05, 4.69) is 26.7 Å². The molecule has 2 aromatic heterocycles. The topological polar surface area (TPSA) is 106 Å². The van der Waals surface area contributed by atoms with Crippen molar-refractivity contribution >= 4 is 17.3 Å². The molecule has 0 fully saturated rings. The molecule has 25 heavy (non-hydrogen) atoms. The zero-order valence-electron chi connectivity index (χ0n) is 13.9. The quantitative estimate of drug-likeness (QED) is 0.425. The minimum atomic E-state index is -0.466. The Morgan fingerprint density at radius 1 is 1.24 bits per heavy atom. The lowest BCUT2D eigenvalue weighted by Crippen LogP contribution is -2.11. The van der Waals surface area contributed by atoms with Gasteiger partial charge in [0.1, 0.15) is 12.1 Å². The maximum absolute atomic E-state index is 11.5. The number of nitrogens with one attached hydrogen (secondary N) is 2. The van der Waals surface area contributed by atoms with Crippen LogP contribution in [0.15, 0.2) is 40.8 Å². The van der Waals surface area contributed by atoms with E-state index >= 15 is 0 Å². The summed E-state index contributed by atoms with van der Waals surface area (Å²) in [4.78, 5) is 19.1. The van der Waals surface area contributed by atoms with E-state index in [1.54, 1.807) is 18.4 Å².